The smallest absolute Gasteiger partial charge is 0.258 e. The summed E-state index contributed by atoms with van der Waals surface area (Å²) in [6.45, 7) is 0.169. The Bertz CT molecular complexity index is 503. The second-order valence-electron chi connectivity index (χ2n) is 4.11. The number of hydrogen-bond donors (Lipinski definition) is 3. The van der Waals surface area contributed by atoms with Crippen LogP contribution in [-0.2, 0) is 25.8 Å². The molecule has 0 radical (unpaired) electrons. The van der Waals surface area contributed by atoms with E-state index in [-0.39, 0.29) is 6.61 Å². The molecule has 1 heterocycles. The van der Waals surface area contributed by atoms with Crippen molar-refractivity contribution in [2.24, 2.45) is 11.7 Å². The van der Waals surface area contributed by atoms with Crippen molar-refractivity contribution in [1.29, 1.82) is 0 Å². The molecule has 7 nitrogen and oxygen atoms in total. The molecule has 100 valence electrons. The summed E-state index contributed by atoms with van der Waals surface area (Å²) in [6.07, 6.45) is 0. The van der Waals surface area contributed by atoms with Crippen LogP contribution in [0.15, 0.2) is 30.3 Å². The summed E-state index contributed by atoms with van der Waals surface area (Å²) in [7, 11) is 0. The first-order valence-corrected chi connectivity index (χ1v) is 5.65. The van der Waals surface area contributed by atoms with Crippen LogP contribution in [0.4, 0.5) is 0 Å². The maximum Gasteiger partial charge on any atom is 0.258 e. The van der Waals surface area contributed by atoms with Gasteiger partial charge in [0.1, 0.15) is 12.0 Å². The molecule has 1 fully saturated rings. The van der Waals surface area contributed by atoms with Crippen LogP contribution >= 0.6 is 0 Å². The Morgan fingerprint density at radius 1 is 1.32 bits per heavy atom. The van der Waals surface area contributed by atoms with E-state index in [9.17, 15) is 14.4 Å². The van der Waals surface area contributed by atoms with Gasteiger partial charge < -0.3 is 11.1 Å². The Kier molecular flexibility index (Phi) is 3.76. The Balaban J connectivity index is 1.81. The van der Waals surface area contributed by atoms with E-state index in [4.69, 9.17) is 10.6 Å². The lowest BCUT2D eigenvalue weighted by molar-refractivity contribution is -0.155. The number of nitrogens with one attached hydrogen (secondary N) is 2. The molecule has 1 aliphatic rings. The van der Waals surface area contributed by atoms with Crippen LogP contribution in [-0.4, -0.2) is 23.8 Å². The van der Waals surface area contributed by atoms with Gasteiger partial charge in [0, 0.05) is 0 Å². The van der Waals surface area contributed by atoms with Crippen molar-refractivity contribution in [2.45, 2.75) is 12.6 Å². The lowest BCUT2D eigenvalue weighted by Crippen LogP contribution is -2.67. The molecule has 1 aliphatic heterocycles. The fourth-order valence-corrected chi connectivity index (χ4v) is 1.72. The van der Waals surface area contributed by atoms with Crippen LogP contribution < -0.4 is 16.5 Å². The molecule has 0 saturated carbocycles. The SMILES string of the molecule is NC(=O)C1NC(=O)C1C(=O)NOCc1ccccc1. The molecule has 0 bridgehead atoms. The zero-order chi connectivity index (χ0) is 13.8. The molecule has 3 amide bonds. The Hall–Kier alpha value is -2.41. The fourth-order valence-electron chi connectivity index (χ4n) is 1.72. The number of amides is 3. The standard InChI is InChI=1S/C12H13N3O4/c13-10(16)9-8(11(17)14-9)12(18)15-19-6-7-4-2-1-3-5-7/h1-5,8-9H,6H2,(H2,13,16)(H,14,17)(H,15,18). The van der Waals surface area contributed by atoms with Crippen LogP contribution in [0.1, 0.15) is 5.56 Å². The van der Waals surface area contributed by atoms with E-state index in [0.29, 0.717) is 0 Å². The fraction of sp³-hybridized carbons (Fsp3) is 0.250. The number of nitrogens with two attached hydrogens (primary N) is 1. The van der Waals surface area contributed by atoms with E-state index in [1.165, 1.54) is 0 Å². The second kappa shape index (κ2) is 5.49. The maximum atomic E-state index is 11.6. The zero-order valence-corrected chi connectivity index (χ0v) is 9.96. The number of benzene rings is 1. The number of β-lactam (4-membered cyclic amide) rings is 1. The van der Waals surface area contributed by atoms with Gasteiger partial charge in [-0.1, -0.05) is 30.3 Å². The molecule has 19 heavy (non-hydrogen) atoms. The molecule has 2 atom stereocenters. The predicted molar refractivity (Wildman–Crippen MR) is 64.0 cm³/mol. The molecule has 0 aliphatic carbocycles. The minimum atomic E-state index is -1.12. The van der Waals surface area contributed by atoms with Crippen molar-refractivity contribution >= 4 is 17.7 Å². The predicted octanol–water partition coefficient (Wildman–Crippen LogP) is -1.17. The first-order valence-electron chi connectivity index (χ1n) is 5.65. The highest BCUT2D eigenvalue weighted by Gasteiger charge is 2.48. The minimum Gasteiger partial charge on any atom is -0.368 e. The van der Waals surface area contributed by atoms with Gasteiger partial charge in [0.15, 0.2) is 0 Å². The normalized spacial score (nSPS) is 21.2. The molecule has 2 rings (SSSR count). The van der Waals surface area contributed by atoms with Crippen LogP contribution in [0.25, 0.3) is 0 Å². The van der Waals surface area contributed by atoms with Crippen LogP contribution in [0, 0.1) is 5.92 Å². The molecule has 1 aromatic carbocycles. The van der Waals surface area contributed by atoms with Crippen LogP contribution in [0.3, 0.4) is 0 Å². The third-order valence-electron chi connectivity index (χ3n) is 2.76. The minimum absolute atomic E-state index is 0.169. The van der Waals surface area contributed by atoms with E-state index in [1.807, 2.05) is 30.3 Å². The van der Waals surface area contributed by atoms with Gasteiger partial charge in [0.05, 0.1) is 6.61 Å². The quantitative estimate of drug-likeness (QED) is 0.353. The van der Waals surface area contributed by atoms with Crippen LogP contribution in [0.2, 0.25) is 0 Å². The van der Waals surface area contributed by atoms with Gasteiger partial charge in [-0.05, 0) is 5.56 Å². The number of carbonyl (C=O) groups excluding carboxylic acids is 3. The van der Waals surface area contributed by atoms with Crippen molar-refractivity contribution in [3.63, 3.8) is 0 Å². The number of rotatable bonds is 5. The van der Waals surface area contributed by atoms with Gasteiger partial charge in [-0.25, -0.2) is 5.48 Å². The van der Waals surface area contributed by atoms with Crippen molar-refractivity contribution in [3.8, 4) is 0 Å². The highest BCUT2D eigenvalue weighted by atomic mass is 16.6. The van der Waals surface area contributed by atoms with Gasteiger partial charge in [-0.2, -0.15) is 0 Å². The number of hydroxylamine groups is 1. The average Bonchev–Trinajstić information content (AvgIpc) is 2.36. The summed E-state index contributed by atoms with van der Waals surface area (Å²) in [5.74, 6) is -3.08. The van der Waals surface area contributed by atoms with E-state index in [2.05, 4.69) is 10.8 Å². The highest BCUT2D eigenvalue weighted by molar-refractivity contribution is 6.11. The molecule has 1 saturated heterocycles. The van der Waals surface area contributed by atoms with Gasteiger partial charge in [0.2, 0.25) is 11.8 Å². The first kappa shape index (κ1) is 13.0. The summed E-state index contributed by atoms with van der Waals surface area (Å²) < 4.78 is 0. The van der Waals surface area contributed by atoms with Gasteiger partial charge in [0.25, 0.3) is 5.91 Å². The number of carbonyl (C=O) groups is 3. The lowest BCUT2D eigenvalue weighted by Gasteiger charge is -2.32. The van der Waals surface area contributed by atoms with Gasteiger partial charge in [-0.15, -0.1) is 0 Å². The summed E-state index contributed by atoms with van der Waals surface area (Å²) in [4.78, 5) is 38.7. The number of primary amides is 1. The topological polar surface area (TPSA) is 111 Å². The zero-order valence-electron chi connectivity index (χ0n) is 9.96. The summed E-state index contributed by atoms with van der Waals surface area (Å²) >= 11 is 0. The molecular weight excluding hydrogens is 250 g/mol. The Labute approximate surface area is 109 Å². The summed E-state index contributed by atoms with van der Waals surface area (Å²) in [5, 5.41) is 2.25. The van der Waals surface area contributed by atoms with E-state index in [0.717, 1.165) is 5.56 Å². The molecule has 7 heteroatoms. The first-order chi connectivity index (χ1) is 9.09. The summed E-state index contributed by atoms with van der Waals surface area (Å²) in [6, 6.07) is 8.22. The molecule has 2 unspecified atom stereocenters. The van der Waals surface area contributed by atoms with Crippen molar-refractivity contribution in [3.05, 3.63) is 35.9 Å². The van der Waals surface area contributed by atoms with E-state index >= 15 is 0 Å². The average molecular weight is 263 g/mol. The van der Waals surface area contributed by atoms with Crippen LogP contribution in [0.5, 0.6) is 0 Å². The van der Waals surface area contributed by atoms with Crippen molar-refractivity contribution in [1.82, 2.24) is 10.8 Å². The molecule has 4 N–H and O–H groups in total. The van der Waals surface area contributed by atoms with Crippen molar-refractivity contribution in [2.75, 3.05) is 0 Å². The third kappa shape index (κ3) is 2.89. The van der Waals surface area contributed by atoms with Gasteiger partial charge in [-0.3, -0.25) is 19.2 Å². The molecular formula is C12H13N3O4. The number of hydrogen-bond acceptors (Lipinski definition) is 4. The summed E-state index contributed by atoms with van der Waals surface area (Å²) in [5.41, 5.74) is 8.04. The Morgan fingerprint density at radius 3 is 2.58 bits per heavy atom. The van der Waals surface area contributed by atoms with E-state index < -0.39 is 29.7 Å². The van der Waals surface area contributed by atoms with E-state index in [1.54, 1.807) is 0 Å². The second-order valence-corrected chi connectivity index (χ2v) is 4.11. The highest BCUT2D eigenvalue weighted by Crippen LogP contribution is 2.14. The van der Waals surface area contributed by atoms with Crippen molar-refractivity contribution < 1.29 is 19.2 Å². The largest absolute Gasteiger partial charge is 0.368 e. The third-order valence-corrected chi connectivity index (χ3v) is 2.76. The van der Waals surface area contributed by atoms with Gasteiger partial charge >= 0.3 is 0 Å². The monoisotopic (exact) mass is 263 g/mol. The maximum absolute atomic E-state index is 11.6. The molecule has 0 spiro atoms. The Morgan fingerprint density at radius 2 is 2.00 bits per heavy atom. The molecule has 1 aromatic rings. The molecule has 0 aromatic heterocycles. The lowest BCUT2D eigenvalue weighted by atomic mass is 9.89.